The number of fused-ring (bicyclic) bond motifs is 5. The Morgan fingerprint density at radius 1 is 1.02 bits per heavy atom. The smallest absolute Gasteiger partial charge is 0.335 e. The topological polar surface area (TPSA) is 187 Å². The number of rotatable bonds is 5. The minimum atomic E-state index is -1.66. The monoisotopic (exact) mass is 576 g/mol. The molecule has 3 saturated carbocycles. The SMILES string of the molecule is CC12CCC3C(CCC4(OC5OC(CO)C(O)C(O)C5O)C=CCCC34C(=O)O)C1(O)CCC2c1ccc(=O)oc1. The molecule has 1 aromatic heterocycles. The Balaban J connectivity index is 1.37. The highest BCUT2D eigenvalue weighted by Crippen LogP contribution is 2.71. The fourth-order valence-corrected chi connectivity index (χ4v) is 9.53. The summed E-state index contributed by atoms with van der Waals surface area (Å²) in [5.41, 5.74) is -4.15. The first kappa shape index (κ1) is 29.0. The first-order valence-corrected chi connectivity index (χ1v) is 14.6. The van der Waals surface area contributed by atoms with Gasteiger partial charge in [-0.1, -0.05) is 19.1 Å². The molecule has 11 nitrogen and oxygen atoms in total. The van der Waals surface area contributed by atoms with E-state index in [1.807, 2.05) is 6.08 Å². The van der Waals surface area contributed by atoms with Crippen LogP contribution in [0, 0.1) is 22.7 Å². The Morgan fingerprint density at radius 3 is 2.46 bits per heavy atom. The van der Waals surface area contributed by atoms with Gasteiger partial charge in [0.05, 0.1) is 18.5 Å². The Hall–Kier alpha value is -2.12. The summed E-state index contributed by atoms with van der Waals surface area (Å²) in [6, 6.07) is 3.14. The Morgan fingerprint density at radius 2 is 1.78 bits per heavy atom. The molecule has 0 aromatic carbocycles. The van der Waals surface area contributed by atoms with Crippen LogP contribution in [0.25, 0.3) is 0 Å². The van der Waals surface area contributed by atoms with E-state index >= 15 is 0 Å². The van der Waals surface area contributed by atoms with Crippen molar-refractivity contribution in [1.82, 2.24) is 0 Å². The van der Waals surface area contributed by atoms with Gasteiger partial charge in [-0.3, -0.25) is 4.79 Å². The van der Waals surface area contributed by atoms with Crippen molar-refractivity contribution >= 4 is 5.97 Å². The van der Waals surface area contributed by atoms with Gasteiger partial charge in [-0.15, -0.1) is 0 Å². The first-order valence-electron chi connectivity index (χ1n) is 14.6. The molecular formula is C30H40O11. The third kappa shape index (κ3) is 3.90. The number of aliphatic hydroxyl groups is 5. The van der Waals surface area contributed by atoms with E-state index in [4.69, 9.17) is 13.9 Å². The van der Waals surface area contributed by atoms with Crippen LogP contribution in [0.1, 0.15) is 69.8 Å². The molecule has 41 heavy (non-hydrogen) atoms. The lowest BCUT2D eigenvalue weighted by Crippen LogP contribution is -2.71. The molecule has 5 aliphatic rings. The number of hydrogen-bond donors (Lipinski definition) is 6. The van der Waals surface area contributed by atoms with Gasteiger partial charge < -0.3 is 44.5 Å². The van der Waals surface area contributed by atoms with Crippen molar-refractivity contribution in [1.29, 1.82) is 0 Å². The zero-order valence-corrected chi connectivity index (χ0v) is 23.1. The average Bonchev–Trinajstić information content (AvgIpc) is 3.24. The van der Waals surface area contributed by atoms with Gasteiger partial charge in [-0.2, -0.15) is 0 Å². The number of ether oxygens (including phenoxy) is 2. The summed E-state index contributed by atoms with van der Waals surface area (Å²) in [4.78, 5) is 25.0. The van der Waals surface area contributed by atoms with Crippen molar-refractivity contribution < 1.29 is 49.3 Å². The second kappa shape index (κ2) is 9.97. The van der Waals surface area contributed by atoms with E-state index in [-0.39, 0.29) is 24.7 Å². The average molecular weight is 577 g/mol. The van der Waals surface area contributed by atoms with E-state index in [1.165, 1.54) is 12.3 Å². The van der Waals surface area contributed by atoms with E-state index in [2.05, 4.69) is 6.92 Å². The molecule has 12 atom stereocenters. The fraction of sp³-hybridized carbons (Fsp3) is 0.733. The molecule has 1 aliphatic heterocycles. The van der Waals surface area contributed by atoms with Crippen LogP contribution >= 0.6 is 0 Å². The largest absolute Gasteiger partial charge is 0.481 e. The standard InChI is InChI=1S/C30H40O11/c1-27-11-6-18-19(30(27,38)13-8-17(27)16-4-5-21(32)39-15-16)7-12-28(9-2-3-10-29(18,28)26(36)37)41-25-24(35)23(34)22(33)20(14-31)40-25/h2,4-5,9,15,17-20,22-25,31,33-35,38H,3,6-8,10-14H2,1H3,(H,36,37). The van der Waals surface area contributed by atoms with E-state index in [9.17, 15) is 40.2 Å². The lowest BCUT2D eigenvalue weighted by atomic mass is 9.42. The van der Waals surface area contributed by atoms with Crippen LogP contribution in [0.3, 0.4) is 0 Å². The lowest BCUT2D eigenvalue weighted by molar-refractivity contribution is -0.346. The Labute approximate surface area is 237 Å². The van der Waals surface area contributed by atoms with Gasteiger partial charge in [0.15, 0.2) is 6.29 Å². The number of aliphatic hydroxyl groups excluding tert-OH is 4. The van der Waals surface area contributed by atoms with Gasteiger partial charge in [0.25, 0.3) is 0 Å². The van der Waals surface area contributed by atoms with Crippen LogP contribution in [0.15, 0.2) is 39.8 Å². The summed E-state index contributed by atoms with van der Waals surface area (Å²) in [5.74, 6) is -1.89. The number of aliphatic carboxylic acids is 1. The number of carboxylic acids is 1. The molecule has 0 spiro atoms. The third-order valence-electron chi connectivity index (χ3n) is 11.6. The zero-order chi connectivity index (χ0) is 29.4. The summed E-state index contributed by atoms with van der Waals surface area (Å²) < 4.78 is 17.3. The summed E-state index contributed by atoms with van der Waals surface area (Å²) in [7, 11) is 0. The second-order valence-corrected chi connectivity index (χ2v) is 13.0. The second-order valence-electron chi connectivity index (χ2n) is 13.0. The molecule has 6 rings (SSSR count). The van der Waals surface area contributed by atoms with Gasteiger partial charge in [0, 0.05) is 11.5 Å². The van der Waals surface area contributed by atoms with Crippen molar-refractivity contribution in [3.63, 3.8) is 0 Å². The van der Waals surface area contributed by atoms with E-state index < -0.39 is 76.9 Å². The Bertz CT molecular complexity index is 1240. The van der Waals surface area contributed by atoms with Crippen molar-refractivity contribution in [3.8, 4) is 0 Å². The molecule has 1 saturated heterocycles. The molecule has 0 amide bonds. The molecule has 12 unspecified atom stereocenters. The molecule has 4 aliphatic carbocycles. The fourth-order valence-electron chi connectivity index (χ4n) is 9.53. The van der Waals surface area contributed by atoms with Crippen LogP contribution in [-0.2, 0) is 14.3 Å². The third-order valence-corrected chi connectivity index (χ3v) is 11.6. The maximum atomic E-state index is 13.5. The highest BCUT2D eigenvalue weighted by molar-refractivity contribution is 5.78. The molecule has 2 heterocycles. The van der Waals surface area contributed by atoms with Crippen LogP contribution in [0.5, 0.6) is 0 Å². The summed E-state index contributed by atoms with van der Waals surface area (Å²) in [6.07, 6.45) is 1.22. The number of carboxylic acid groups (broad SMARTS) is 1. The maximum absolute atomic E-state index is 13.5. The number of allylic oxidation sites excluding steroid dienone is 1. The maximum Gasteiger partial charge on any atom is 0.335 e. The normalized spacial score (nSPS) is 49.1. The minimum Gasteiger partial charge on any atom is -0.481 e. The molecule has 4 fully saturated rings. The predicted molar refractivity (Wildman–Crippen MR) is 141 cm³/mol. The molecular weight excluding hydrogens is 536 g/mol. The van der Waals surface area contributed by atoms with Crippen molar-refractivity contribution in [2.45, 2.75) is 106 Å². The Kier molecular flexibility index (Phi) is 7.05. The minimum absolute atomic E-state index is 0.0538. The van der Waals surface area contributed by atoms with E-state index in [1.54, 1.807) is 12.1 Å². The zero-order valence-electron chi connectivity index (χ0n) is 23.1. The van der Waals surface area contributed by atoms with E-state index in [0.29, 0.717) is 38.5 Å². The predicted octanol–water partition coefficient (Wildman–Crippen LogP) is 1.05. The van der Waals surface area contributed by atoms with Crippen LogP contribution in [0.4, 0.5) is 0 Å². The van der Waals surface area contributed by atoms with Crippen molar-refractivity contribution in [3.05, 3.63) is 46.5 Å². The molecule has 226 valence electrons. The van der Waals surface area contributed by atoms with Gasteiger partial charge in [-0.25, -0.2) is 4.79 Å². The van der Waals surface area contributed by atoms with Gasteiger partial charge in [-0.05, 0) is 80.8 Å². The number of hydrogen-bond acceptors (Lipinski definition) is 10. The molecule has 0 bridgehead atoms. The first-order chi connectivity index (χ1) is 19.4. The lowest BCUT2D eigenvalue weighted by Gasteiger charge is -2.65. The highest BCUT2D eigenvalue weighted by atomic mass is 16.7. The molecule has 1 aromatic rings. The molecule has 11 heteroatoms. The van der Waals surface area contributed by atoms with Crippen molar-refractivity contribution in [2.24, 2.45) is 22.7 Å². The summed E-state index contributed by atoms with van der Waals surface area (Å²) in [6.45, 7) is 1.44. The summed E-state index contributed by atoms with van der Waals surface area (Å²) >= 11 is 0. The van der Waals surface area contributed by atoms with Gasteiger partial charge >= 0.3 is 11.6 Å². The number of carbonyl (C=O) groups is 1. The van der Waals surface area contributed by atoms with Crippen LogP contribution < -0.4 is 5.63 Å². The molecule has 6 N–H and O–H groups in total. The van der Waals surface area contributed by atoms with E-state index in [0.717, 1.165) is 5.56 Å². The van der Waals surface area contributed by atoms with Gasteiger partial charge in [0.1, 0.15) is 35.4 Å². The van der Waals surface area contributed by atoms with Crippen LogP contribution in [-0.4, -0.2) is 85.1 Å². The quantitative estimate of drug-likeness (QED) is 0.217. The molecule has 0 radical (unpaired) electrons. The van der Waals surface area contributed by atoms with Gasteiger partial charge in [0.2, 0.25) is 0 Å². The van der Waals surface area contributed by atoms with Crippen LogP contribution in [0.2, 0.25) is 0 Å². The summed E-state index contributed by atoms with van der Waals surface area (Å²) in [5, 5.41) is 64.6. The van der Waals surface area contributed by atoms with Crippen molar-refractivity contribution in [2.75, 3.05) is 6.61 Å². The highest BCUT2D eigenvalue weighted by Gasteiger charge is 2.73.